The average Bonchev–Trinajstić information content (AvgIpc) is 3.19. The van der Waals surface area contributed by atoms with Gasteiger partial charge in [-0.1, -0.05) is 91.2 Å². The van der Waals surface area contributed by atoms with Crippen LogP contribution in [0.15, 0.2) is 36.4 Å². The number of nitrogens with zero attached hydrogens (tertiary/aromatic N) is 3. The first-order valence-corrected chi connectivity index (χ1v) is 12.2. The van der Waals surface area contributed by atoms with Gasteiger partial charge in [0.25, 0.3) is 0 Å². The van der Waals surface area contributed by atoms with Crippen LogP contribution in [0.4, 0.5) is 0 Å². The second-order valence-electron chi connectivity index (χ2n) is 9.74. The van der Waals surface area contributed by atoms with Gasteiger partial charge < -0.3 is 9.84 Å². The number of phenols is 1. The third kappa shape index (κ3) is 6.47. The highest BCUT2D eigenvalue weighted by Gasteiger charge is 2.23. The number of aromatic hydroxyl groups is 1. The largest absolute Gasteiger partial charge is 0.505 e. The van der Waals surface area contributed by atoms with Crippen LogP contribution in [0, 0.1) is 0 Å². The minimum absolute atomic E-state index is 0.202. The lowest BCUT2D eigenvalue weighted by Gasteiger charge is -2.23. The highest BCUT2D eigenvalue weighted by molar-refractivity contribution is 5.74. The smallest absolute Gasteiger partial charge is 0.147 e. The normalized spacial score (nSPS) is 11.9. The van der Waals surface area contributed by atoms with E-state index in [1.807, 2.05) is 36.4 Å². The van der Waals surface area contributed by atoms with Gasteiger partial charge in [0.1, 0.15) is 28.2 Å². The molecular formula is C27H39N3O2. The molecule has 1 heterocycles. The molecule has 0 radical (unpaired) electrons. The number of fused-ring (bicyclic) bond motifs is 1. The van der Waals surface area contributed by atoms with Crippen LogP contribution in [0.5, 0.6) is 11.5 Å². The summed E-state index contributed by atoms with van der Waals surface area (Å²) in [6.45, 7) is 9.20. The van der Waals surface area contributed by atoms with Gasteiger partial charge in [-0.3, -0.25) is 0 Å². The summed E-state index contributed by atoms with van der Waals surface area (Å²) >= 11 is 0. The minimum Gasteiger partial charge on any atom is -0.505 e. The maximum Gasteiger partial charge on any atom is 0.147 e. The number of aromatic nitrogens is 3. The Morgan fingerprint density at radius 1 is 0.844 bits per heavy atom. The van der Waals surface area contributed by atoms with Crippen LogP contribution in [0.3, 0.4) is 0 Å². The van der Waals surface area contributed by atoms with E-state index < -0.39 is 0 Å². The van der Waals surface area contributed by atoms with Gasteiger partial charge in [0.15, 0.2) is 0 Å². The molecule has 0 bridgehead atoms. The third-order valence-corrected chi connectivity index (χ3v) is 5.89. The minimum atomic E-state index is -0.234. The third-order valence-electron chi connectivity index (χ3n) is 5.89. The number of phenolic OH excluding ortho intramolecular Hbond substituents is 1. The van der Waals surface area contributed by atoms with Crippen molar-refractivity contribution in [2.45, 2.75) is 90.9 Å². The zero-order chi connectivity index (χ0) is 23.0. The molecule has 0 saturated heterocycles. The Kier molecular flexibility index (Phi) is 8.54. The zero-order valence-electron chi connectivity index (χ0n) is 20.2. The molecule has 0 aliphatic rings. The van der Waals surface area contributed by atoms with Gasteiger partial charge in [0, 0.05) is 11.6 Å². The van der Waals surface area contributed by atoms with Crippen LogP contribution >= 0.6 is 0 Å². The number of unbranched alkanes of at least 4 members (excludes halogenated alkanes) is 8. The average molecular weight is 438 g/mol. The molecule has 5 nitrogen and oxygen atoms in total. The molecular weight excluding hydrogens is 398 g/mol. The van der Waals surface area contributed by atoms with Crippen LogP contribution < -0.4 is 4.74 Å². The highest BCUT2D eigenvalue weighted by Crippen LogP contribution is 2.38. The van der Waals surface area contributed by atoms with Crippen molar-refractivity contribution in [2.24, 2.45) is 0 Å². The van der Waals surface area contributed by atoms with Crippen molar-refractivity contribution in [2.75, 3.05) is 6.61 Å². The lowest BCUT2D eigenvalue weighted by molar-refractivity contribution is 0.302. The fourth-order valence-corrected chi connectivity index (χ4v) is 3.97. The molecule has 0 aliphatic heterocycles. The molecule has 1 aromatic heterocycles. The summed E-state index contributed by atoms with van der Waals surface area (Å²) in [5.41, 5.74) is 2.74. The number of rotatable bonds is 12. The van der Waals surface area contributed by atoms with Gasteiger partial charge in [0.2, 0.25) is 0 Å². The van der Waals surface area contributed by atoms with Crippen molar-refractivity contribution in [1.29, 1.82) is 0 Å². The van der Waals surface area contributed by atoms with E-state index in [1.54, 1.807) is 0 Å². The van der Waals surface area contributed by atoms with E-state index in [0.29, 0.717) is 12.3 Å². The predicted octanol–water partition coefficient (Wildman–Crippen LogP) is 7.33. The Balaban J connectivity index is 1.64. The summed E-state index contributed by atoms with van der Waals surface area (Å²) in [5.74, 6) is 0.955. The number of hydrogen-bond acceptors (Lipinski definition) is 4. The Morgan fingerprint density at radius 2 is 1.41 bits per heavy atom. The summed E-state index contributed by atoms with van der Waals surface area (Å²) in [6.07, 6.45) is 11.6. The summed E-state index contributed by atoms with van der Waals surface area (Å²) in [5, 5.41) is 20.1. The molecule has 0 saturated carbocycles. The number of ether oxygens (including phenoxy) is 1. The van der Waals surface area contributed by atoms with E-state index in [2.05, 4.69) is 37.9 Å². The second-order valence-corrected chi connectivity index (χ2v) is 9.74. The predicted molar refractivity (Wildman–Crippen MR) is 132 cm³/mol. The Morgan fingerprint density at radius 3 is 1.97 bits per heavy atom. The van der Waals surface area contributed by atoms with E-state index in [-0.39, 0.29) is 11.2 Å². The molecule has 2 aromatic carbocycles. The van der Waals surface area contributed by atoms with E-state index in [9.17, 15) is 5.11 Å². The number of benzene rings is 2. The monoisotopic (exact) mass is 437 g/mol. The molecule has 0 aliphatic carbocycles. The van der Waals surface area contributed by atoms with Crippen molar-refractivity contribution in [3.63, 3.8) is 0 Å². The first kappa shape index (κ1) is 24.1. The second kappa shape index (κ2) is 11.3. The molecule has 5 heteroatoms. The molecule has 0 amide bonds. The van der Waals surface area contributed by atoms with E-state index in [4.69, 9.17) is 4.74 Å². The molecule has 0 fully saturated rings. The van der Waals surface area contributed by atoms with Gasteiger partial charge >= 0.3 is 0 Å². The van der Waals surface area contributed by atoms with E-state index >= 15 is 0 Å². The first-order valence-electron chi connectivity index (χ1n) is 12.2. The summed E-state index contributed by atoms with van der Waals surface area (Å²) < 4.78 is 6.11. The van der Waals surface area contributed by atoms with Crippen molar-refractivity contribution in [3.05, 3.63) is 42.0 Å². The van der Waals surface area contributed by atoms with Crippen LogP contribution in [-0.2, 0) is 5.41 Å². The zero-order valence-corrected chi connectivity index (χ0v) is 20.2. The Bertz CT molecular complexity index is 955. The molecule has 3 aromatic rings. The summed E-state index contributed by atoms with van der Waals surface area (Å²) in [6, 6.07) is 11.5. The fourth-order valence-electron chi connectivity index (χ4n) is 3.97. The number of hydrogen-bond donors (Lipinski definition) is 1. The lowest BCUT2D eigenvalue weighted by Crippen LogP contribution is -2.14. The van der Waals surface area contributed by atoms with Gasteiger partial charge in [0.05, 0.1) is 6.61 Å². The maximum atomic E-state index is 11.0. The Hall–Kier alpha value is -2.56. The molecule has 3 rings (SSSR count). The quantitative estimate of drug-likeness (QED) is 0.301. The van der Waals surface area contributed by atoms with Gasteiger partial charge in [-0.25, -0.2) is 0 Å². The van der Waals surface area contributed by atoms with Gasteiger partial charge in [-0.2, -0.15) is 0 Å². The molecule has 0 unspecified atom stereocenters. The topological polar surface area (TPSA) is 60.2 Å². The van der Waals surface area contributed by atoms with E-state index in [1.165, 1.54) is 56.2 Å². The van der Waals surface area contributed by atoms with E-state index in [0.717, 1.165) is 28.8 Å². The van der Waals surface area contributed by atoms with Crippen molar-refractivity contribution in [1.82, 2.24) is 15.0 Å². The van der Waals surface area contributed by atoms with Gasteiger partial charge in [-0.05, 0) is 30.0 Å². The van der Waals surface area contributed by atoms with Crippen LogP contribution in [0.2, 0.25) is 0 Å². The lowest BCUT2D eigenvalue weighted by atomic mass is 9.86. The molecule has 1 N–H and O–H groups in total. The maximum absolute atomic E-state index is 11.0. The van der Waals surface area contributed by atoms with Crippen molar-refractivity contribution < 1.29 is 9.84 Å². The van der Waals surface area contributed by atoms with Crippen LogP contribution in [-0.4, -0.2) is 26.7 Å². The molecule has 0 spiro atoms. The molecule has 174 valence electrons. The molecule has 0 atom stereocenters. The van der Waals surface area contributed by atoms with Gasteiger partial charge in [-0.15, -0.1) is 15.0 Å². The summed E-state index contributed by atoms with van der Waals surface area (Å²) in [7, 11) is 0. The van der Waals surface area contributed by atoms with Crippen molar-refractivity contribution in [3.8, 4) is 17.2 Å². The van der Waals surface area contributed by atoms with Crippen LogP contribution in [0.1, 0.15) is 91.0 Å². The summed E-state index contributed by atoms with van der Waals surface area (Å²) in [4.78, 5) is 1.51. The molecule has 32 heavy (non-hydrogen) atoms. The Labute approximate surface area is 192 Å². The van der Waals surface area contributed by atoms with Crippen LogP contribution in [0.25, 0.3) is 16.7 Å². The first-order chi connectivity index (χ1) is 15.4. The standard InChI is InChI=1S/C27H39N3O2/c1-5-6-7-8-9-10-11-12-15-18-32-21-19-22(27(2,3)4)26(31)25(20-21)30-28-23-16-13-14-17-24(23)29-30/h13-14,16-17,19-20,31H,5-12,15,18H2,1-4H3. The van der Waals surface area contributed by atoms with Crippen molar-refractivity contribution >= 4 is 11.0 Å². The fraction of sp³-hybridized carbons (Fsp3) is 0.556. The highest BCUT2D eigenvalue weighted by atomic mass is 16.5. The SMILES string of the molecule is CCCCCCCCCCCOc1cc(-n2nc3ccccc3n2)c(O)c(C(C)(C)C)c1.